The van der Waals surface area contributed by atoms with Gasteiger partial charge in [-0.25, -0.2) is 4.39 Å². The van der Waals surface area contributed by atoms with E-state index >= 15 is 0 Å². The molecule has 0 radical (unpaired) electrons. The summed E-state index contributed by atoms with van der Waals surface area (Å²) in [5.41, 5.74) is 2.14. The van der Waals surface area contributed by atoms with Crippen molar-refractivity contribution in [2.75, 3.05) is 7.05 Å². The van der Waals surface area contributed by atoms with Crippen molar-refractivity contribution in [2.24, 2.45) is 0 Å². The van der Waals surface area contributed by atoms with E-state index in [2.05, 4.69) is 26.3 Å². The Morgan fingerprint density at radius 2 is 2.24 bits per heavy atom. The molecule has 90 valence electrons. The van der Waals surface area contributed by atoms with E-state index in [0.717, 1.165) is 17.7 Å². The van der Waals surface area contributed by atoms with Crippen LogP contribution in [-0.4, -0.2) is 16.8 Å². The Morgan fingerprint density at radius 1 is 1.41 bits per heavy atom. The molecule has 1 heterocycles. The summed E-state index contributed by atoms with van der Waals surface area (Å²) in [6, 6.07) is 4.99. The minimum absolute atomic E-state index is 0.245. The Labute approximate surface area is 108 Å². The van der Waals surface area contributed by atoms with Gasteiger partial charge in [-0.05, 0) is 40.7 Å². The number of hydrogen-bond acceptors (Lipinski definition) is 2. The van der Waals surface area contributed by atoms with E-state index in [9.17, 15) is 4.39 Å². The van der Waals surface area contributed by atoms with Gasteiger partial charge in [0.25, 0.3) is 0 Å². The van der Waals surface area contributed by atoms with Crippen molar-refractivity contribution in [3.63, 3.8) is 0 Å². The quantitative estimate of drug-likeness (QED) is 0.940. The first-order chi connectivity index (χ1) is 8.19. The molecule has 0 spiro atoms. The predicted molar refractivity (Wildman–Crippen MR) is 68.2 cm³/mol. The molecule has 0 amide bonds. The van der Waals surface area contributed by atoms with Crippen LogP contribution in [0.1, 0.15) is 11.1 Å². The van der Waals surface area contributed by atoms with E-state index in [1.54, 1.807) is 12.1 Å². The highest BCUT2D eigenvalue weighted by Crippen LogP contribution is 2.17. The summed E-state index contributed by atoms with van der Waals surface area (Å²) in [6.45, 7) is 1.44. The molecule has 0 fully saturated rings. The minimum Gasteiger partial charge on any atom is -0.316 e. The van der Waals surface area contributed by atoms with Crippen LogP contribution < -0.4 is 5.32 Å². The molecule has 0 aliphatic rings. The molecule has 0 aliphatic heterocycles. The van der Waals surface area contributed by atoms with Crippen molar-refractivity contribution in [1.29, 1.82) is 0 Å². The molecule has 2 rings (SSSR count). The maximum absolute atomic E-state index is 13.1. The van der Waals surface area contributed by atoms with Crippen LogP contribution in [0.15, 0.2) is 35.1 Å². The Balaban J connectivity index is 2.11. The summed E-state index contributed by atoms with van der Waals surface area (Å²) in [5, 5.41) is 7.32. The zero-order valence-corrected chi connectivity index (χ0v) is 11.0. The lowest BCUT2D eigenvalue weighted by molar-refractivity contribution is 0.617. The second kappa shape index (κ2) is 5.42. The molecule has 3 nitrogen and oxygen atoms in total. The van der Waals surface area contributed by atoms with E-state index in [-0.39, 0.29) is 5.82 Å². The molecule has 17 heavy (non-hydrogen) atoms. The molecule has 5 heteroatoms. The molecule has 2 aromatic rings. The summed E-state index contributed by atoms with van der Waals surface area (Å²) < 4.78 is 15.4. The summed E-state index contributed by atoms with van der Waals surface area (Å²) in [7, 11) is 1.90. The van der Waals surface area contributed by atoms with Gasteiger partial charge in [0.15, 0.2) is 0 Å². The molecule has 1 aromatic carbocycles. The van der Waals surface area contributed by atoms with Gasteiger partial charge in [0.1, 0.15) is 5.82 Å². The van der Waals surface area contributed by atoms with Crippen molar-refractivity contribution >= 4 is 15.9 Å². The van der Waals surface area contributed by atoms with Gasteiger partial charge < -0.3 is 5.32 Å². The van der Waals surface area contributed by atoms with E-state index in [1.807, 2.05) is 24.1 Å². The van der Waals surface area contributed by atoms with Gasteiger partial charge in [-0.2, -0.15) is 5.10 Å². The third-order valence-corrected chi connectivity index (χ3v) is 3.00. The normalized spacial score (nSPS) is 10.8. The Bertz CT molecular complexity index is 510. The van der Waals surface area contributed by atoms with Crippen molar-refractivity contribution < 1.29 is 4.39 Å². The number of nitrogens with zero attached hydrogens (tertiary/aromatic N) is 2. The van der Waals surface area contributed by atoms with Gasteiger partial charge in [0, 0.05) is 18.3 Å². The van der Waals surface area contributed by atoms with Gasteiger partial charge in [-0.1, -0.05) is 6.07 Å². The van der Waals surface area contributed by atoms with Crippen LogP contribution in [0, 0.1) is 5.82 Å². The lowest BCUT2D eigenvalue weighted by Crippen LogP contribution is -2.04. The first kappa shape index (κ1) is 12.3. The van der Waals surface area contributed by atoms with E-state index in [1.165, 1.54) is 6.07 Å². The number of rotatable bonds is 4. The average Bonchev–Trinajstić information content (AvgIpc) is 2.72. The molecule has 0 aliphatic carbocycles. The molecule has 0 saturated heterocycles. The molecular weight excluding hydrogens is 285 g/mol. The third kappa shape index (κ3) is 3.14. The fourth-order valence-electron chi connectivity index (χ4n) is 1.61. The van der Waals surface area contributed by atoms with Crippen LogP contribution in [-0.2, 0) is 13.1 Å². The molecule has 0 unspecified atom stereocenters. The molecule has 0 bridgehead atoms. The van der Waals surface area contributed by atoms with Crippen molar-refractivity contribution in [2.45, 2.75) is 13.1 Å². The van der Waals surface area contributed by atoms with E-state index < -0.39 is 0 Å². The summed E-state index contributed by atoms with van der Waals surface area (Å²) in [6.07, 6.45) is 3.81. The number of halogens is 2. The average molecular weight is 298 g/mol. The Morgan fingerprint density at radius 3 is 2.94 bits per heavy atom. The molecular formula is C12H13BrFN3. The highest BCUT2D eigenvalue weighted by atomic mass is 79.9. The van der Waals surface area contributed by atoms with Crippen molar-refractivity contribution in [1.82, 2.24) is 15.1 Å². The second-order valence-corrected chi connectivity index (χ2v) is 4.68. The van der Waals surface area contributed by atoms with Gasteiger partial charge >= 0.3 is 0 Å². The van der Waals surface area contributed by atoms with Gasteiger partial charge in [0.2, 0.25) is 0 Å². The Kier molecular flexibility index (Phi) is 3.91. The van der Waals surface area contributed by atoms with Gasteiger partial charge in [0.05, 0.1) is 17.2 Å². The largest absolute Gasteiger partial charge is 0.316 e. The fraction of sp³-hybridized carbons (Fsp3) is 0.250. The third-order valence-electron chi connectivity index (χ3n) is 2.40. The monoisotopic (exact) mass is 297 g/mol. The second-order valence-electron chi connectivity index (χ2n) is 3.82. The summed E-state index contributed by atoms with van der Waals surface area (Å²) in [4.78, 5) is 0. The minimum atomic E-state index is -0.245. The zero-order valence-electron chi connectivity index (χ0n) is 9.45. The smallest absolute Gasteiger partial charge is 0.137 e. The summed E-state index contributed by atoms with van der Waals surface area (Å²) in [5.74, 6) is -0.245. The molecule has 0 atom stereocenters. The standard InChI is InChI=1S/C12H13BrFN3/c1-15-5-10-6-16-17(8-10)7-9-2-3-12(14)11(13)4-9/h2-4,6,8,15H,5,7H2,1H3. The van der Waals surface area contributed by atoms with Crippen LogP contribution in [0.4, 0.5) is 4.39 Å². The molecule has 1 N–H and O–H groups in total. The SMILES string of the molecule is CNCc1cnn(Cc2ccc(F)c(Br)c2)c1. The van der Waals surface area contributed by atoms with E-state index in [0.29, 0.717) is 11.0 Å². The lowest BCUT2D eigenvalue weighted by Gasteiger charge is -2.03. The fourth-order valence-corrected chi connectivity index (χ4v) is 2.04. The number of hydrogen-bond donors (Lipinski definition) is 1. The van der Waals surface area contributed by atoms with Crippen molar-refractivity contribution in [3.8, 4) is 0 Å². The van der Waals surface area contributed by atoms with E-state index in [4.69, 9.17) is 0 Å². The number of aromatic nitrogens is 2. The maximum atomic E-state index is 13.1. The summed E-state index contributed by atoms with van der Waals surface area (Å²) >= 11 is 3.17. The maximum Gasteiger partial charge on any atom is 0.137 e. The van der Waals surface area contributed by atoms with Crippen LogP contribution in [0.2, 0.25) is 0 Å². The lowest BCUT2D eigenvalue weighted by atomic mass is 10.2. The van der Waals surface area contributed by atoms with Crippen LogP contribution in [0.5, 0.6) is 0 Å². The predicted octanol–water partition coefficient (Wildman–Crippen LogP) is 2.55. The van der Waals surface area contributed by atoms with Gasteiger partial charge in [-0.15, -0.1) is 0 Å². The van der Waals surface area contributed by atoms with Crippen LogP contribution in [0.25, 0.3) is 0 Å². The topological polar surface area (TPSA) is 29.9 Å². The van der Waals surface area contributed by atoms with Crippen LogP contribution in [0.3, 0.4) is 0 Å². The first-order valence-corrected chi connectivity index (χ1v) is 6.08. The molecule has 0 saturated carbocycles. The highest BCUT2D eigenvalue weighted by Gasteiger charge is 2.02. The van der Waals surface area contributed by atoms with Gasteiger partial charge in [-0.3, -0.25) is 4.68 Å². The molecule has 1 aromatic heterocycles. The van der Waals surface area contributed by atoms with Crippen LogP contribution >= 0.6 is 15.9 Å². The first-order valence-electron chi connectivity index (χ1n) is 5.29. The Hall–Kier alpha value is -1.20. The number of benzene rings is 1. The van der Waals surface area contributed by atoms with Crippen molar-refractivity contribution in [3.05, 3.63) is 52.0 Å². The number of nitrogens with one attached hydrogen (secondary N) is 1. The highest BCUT2D eigenvalue weighted by molar-refractivity contribution is 9.10. The zero-order chi connectivity index (χ0) is 12.3.